The first-order valence-corrected chi connectivity index (χ1v) is 10.3. The van der Waals surface area contributed by atoms with E-state index in [4.69, 9.17) is 16.4 Å². The number of hydrogen-bond acceptors (Lipinski definition) is 6. The summed E-state index contributed by atoms with van der Waals surface area (Å²) < 4.78 is 23.3. The molecule has 0 saturated heterocycles. The molecule has 0 aliphatic carbocycles. The number of rotatable bonds is 7. The van der Waals surface area contributed by atoms with Crippen LogP contribution < -0.4 is 10.2 Å². The number of nitrogens with zero attached hydrogens (tertiary/aromatic N) is 3. The summed E-state index contributed by atoms with van der Waals surface area (Å²) in [4.78, 5) is 18.4. The maximum Gasteiger partial charge on any atom is 0.260 e. The Morgan fingerprint density at radius 1 is 1.22 bits per heavy atom. The first-order valence-electron chi connectivity index (χ1n) is 8.03. The van der Waals surface area contributed by atoms with Crippen LogP contribution in [0, 0.1) is 0 Å². The van der Waals surface area contributed by atoms with Gasteiger partial charge in [-0.05, 0) is 47.5 Å². The van der Waals surface area contributed by atoms with Gasteiger partial charge >= 0.3 is 0 Å². The topological polar surface area (TPSA) is 103 Å². The summed E-state index contributed by atoms with van der Waals surface area (Å²) in [6.07, 6.45) is 1.77. The molecule has 27 heavy (non-hydrogen) atoms. The lowest BCUT2D eigenvalue weighted by Crippen LogP contribution is -2.33. The molecule has 0 aliphatic heterocycles. The van der Waals surface area contributed by atoms with E-state index in [1.165, 1.54) is 18.2 Å². The third-order valence-corrected chi connectivity index (χ3v) is 5.14. The van der Waals surface area contributed by atoms with Crippen LogP contribution in [0.25, 0.3) is 11.0 Å². The molecule has 142 valence electrons. The van der Waals surface area contributed by atoms with E-state index in [-0.39, 0.29) is 17.4 Å². The monoisotopic (exact) mass is 408 g/mol. The van der Waals surface area contributed by atoms with Crippen LogP contribution in [0.3, 0.4) is 0 Å². The minimum absolute atomic E-state index is 0.120. The normalized spacial score (nSPS) is 11.5. The minimum atomic E-state index is -3.37. The molecule has 1 heterocycles. The van der Waals surface area contributed by atoms with Crippen molar-refractivity contribution in [2.24, 2.45) is 0 Å². The highest BCUT2D eigenvalue weighted by atomic mass is 35.5. The van der Waals surface area contributed by atoms with Crippen molar-refractivity contribution >= 4 is 38.4 Å². The molecule has 1 aromatic heterocycles. The lowest BCUT2D eigenvalue weighted by atomic mass is 10.1. The highest BCUT2D eigenvalue weighted by Gasteiger charge is 2.13. The van der Waals surface area contributed by atoms with Gasteiger partial charge in [0.2, 0.25) is 0 Å². The van der Waals surface area contributed by atoms with E-state index in [1.807, 2.05) is 12.1 Å². The molecule has 0 fully saturated rings. The summed E-state index contributed by atoms with van der Waals surface area (Å²) in [6, 6.07) is 11.8. The first kappa shape index (κ1) is 19.1. The number of carbonyl (C=O) groups excluding carboxylic acids is 1. The van der Waals surface area contributed by atoms with Crippen molar-refractivity contribution in [2.45, 2.75) is 11.3 Å². The lowest BCUT2D eigenvalue weighted by molar-refractivity contribution is -0.126. The zero-order chi connectivity index (χ0) is 19.4. The van der Waals surface area contributed by atoms with Crippen LogP contribution in [-0.2, 0) is 21.1 Å². The number of carbonyl (C=O) groups is 1. The molecule has 3 rings (SSSR count). The van der Waals surface area contributed by atoms with Crippen LogP contribution in [0.5, 0.6) is 0 Å². The number of benzene rings is 2. The molecule has 1 amide bonds. The average Bonchev–Trinajstić information content (AvgIpc) is 3.03. The number of halogens is 1. The first-order chi connectivity index (χ1) is 12.8. The molecule has 0 atom stereocenters. The second-order valence-corrected chi connectivity index (χ2v) is 8.34. The fourth-order valence-corrected chi connectivity index (χ4v) is 3.14. The van der Waals surface area contributed by atoms with E-state index < -0.39 is 9.84 Å². The quantitative estimate of drug-likeness (QED) is 0.631. The molecule has 0 aliphatic rings. The molecular weight excluding hydrogens is 392 g/mol. The van der Waals surface area contributed by atoms with Crippen LogP contribution in [0.4, 0.5) is 0 Å². The molecule has 0 saturated carbocycles. The minimum Gasteiger partial charge on any atom is -0.385 e. The average molecular weight is 409 g/mol. The van der Waals surface area contributed by atoms with Crippen molar-refractivity contribution in [3.8, 4) is 0 Å². The molecule has 3 aromatic rings. The molecule has 0 spiro atoms. The number of sulfone groups is 1. The Kier molecular flexibility index (Phi) is 5.62. The van der Waals surface area contributed by atoms with E-state index in [0.29, 0.717) is 29.0 Å². The van der Waals surface area contributed by atoms with Gasteiger partial charge in [0, 0.05) is 17.8 Å². The second-order valence-electron chi connectivity index (χ2n) is 5.88. The van der Waals surface area contributed by atoms with Gasteiger partial charge in [-0.25, -0.2) is 8.42 Å². The third kappa shape index (κ3) is 4.95. The van der Waals surface area contributed by atoms with E-state index in [9.17, 15) is 13.2 Å². The summed E-state index contributed by atoms with van der Waals surface area (Å²) in [7, 11) is -3.37. The summed E-state index contributed by atoms with van der Waals surface area (Å²) in [5.74, 6) is -0.327. The maximum absolute atomic E-state index is 11.9. The molecular formula is C17H17ClN4O4S. The summed E-state index contributed by atoms with van der Waals surface area (Å²) in [5.41, 5.74) is 1.88. The van der Waals surface area contributed by atoms with Gasteiger partial charge in [-0.1, -0.05) is 28.6 Å². The van der Waals surface area contributed by atoms with Crippen LogP contribution in [0.1, 0.15) is 5.56 Å². The van der Waals surface area contributed by atoms with Crippen molar-refractivity contribution in [1.82, 2.24) is 20.5 Å². The van der Waals surface area contributed by atoms with Gasteiger partial charge in [0.1, 0.15) is 11.0 Å². The van der Waals surface area contributed by atoms with Crippen molar-refractivity contribution in [3.63, 3.8) is 0 Å². The number of aromatic nitrogens is 3. The number of nitrogens with one attached hydrogen (secondary N) is 1. The SMILES string of the molecule is CS(=O)(=O)c1ccc2nnn(OCC(=O)NCCc3ccc(Cl)cc3)c2c1. The Labute approximate surface area is 160 Å². The Hall–Kier alpha value is -2.65. The zero-order valence-corrected chi connectivity index (χ0v) is 16.0. The van der Waals surface area contributed by atoms with Gasteiger partial charge in [-0.15, -0.1) is 5.10 Å². The second kappa shape index (κ2) is 7.93. The molecule has 0 unspecified atom stereocenters. The predicted molar refractivity (Wildman–Crippen MR) is 100 cm³/mol. The molecule has 0 bridgehead atoms. The largest absolute Gasteiger partial charge is 0.385 e. The summed E-state index contributed by atoms with van der Waals surface area (Å²) >= 11 is 5.83. The van der Waals surface area contributed by atoms with Gasteiger partial charge in [0.05, 0.1) is 4.90 Å². The smallest absolute Gasteiger partial charge is 0.260 e. The van der Waals surface area contributed by atoms with Crippen LogP contribution in [-0.4, -0.2) is 48.9 Å². The number of fused-ring (bicyclic) bond motifs is 1. The van der Waals surface area contributed by atoms with Gasteiger partial charge < -0.3 is 10.2 Å². The lowest BCUT2D eigenvalue weighted by Gasteiger charge is -2.07. The van der Waals surface area contributed by atoms with Gasteiger partial charge in [0.15, 0.2) is 16.4 Å². The van der Waals surface area contributed by atoms with E-state index in [2.05, 4.69) is 15.6 Å². The standard InChI is InChI=1S/C17H17ClN4O4S/c1-27(24,25)14-6-7-15-16(10-14)22(21-20-15)26-11-17(23)19-9-8-12-2-4-13(18)5-3-12/h2-7,10H,8-9,11H2,1H3,(H,19,23). The van der Waals surface area contributed by atoms with E-state index in [1.54, 1.807) is 12.1 Å². The highest BCUT2D eigenvalue weighted by Crippen LogP contribution is 2.16. The van der Waals surface area contributed by atoms with Crippen molar-refractivity contribution < 1.29 is 18.0 Å². The van der Waals surface area contributed by atoms with Gasteiger partial charge in [-0.2, -0.15) is 0 Å². The molecule has 10 heteroatoms. The predicted octanol–water partition coefficient (Wildman–Crippen LogP) is 1.28. The molecule has 8 nitrogen and oxygen atoms in total. The van der Waals surface area contributed by atoms with Crippen LogP contribution in [0.2, 0.25) is 5.02 Å². The molecule has 1 N–H and O–H groups in total. The summed E-state index contributed by atoms with van der Waals surface area (Å²) in [6.45, 7) is 0.169. The number of hydrogen-bond donors (Lipinski definition) is 1. The van der Waals surface area contributed by atoms with Crippen molar-refractivity contribution in [1.29, 1.82) is 0 Å². The zero-order valence-electron chi connectivity index (χ0n) is 14.4. The molecule has 2 aromatic carbocycles. The van der Waals surface area contributed by atoms with Gasteiger partial charge in [0.25, 0.3) is 5.91 Å². The third-order valence-electron chi connectivity index (χ3n) is 3.78. The fraction of sp³-hybridized carbons (Fsp3) is 0.235. The van der Waals surface area contributed by atoms with Crippen LogP contribution >= 0.6 is 11.6 Å². The van der Waals surface area contributed by atoms with Crippen molar-refractivity contribution in [2.75, 3.05) is 19.4 Å². The maximum atomic E-state index is 11.9. The van der Waals surface area contributed by atoms with E-state index in [0.717, 1.165) is 16.7 Å². The van der Waals surface area contributed by atoms with Crippen LogP contribution in [0.15, 0.2) is 47.4 Å². The van der Waals surface area contributed by atoms with E-state index >= 15 is 0 Å². The Bertz CT molecular complexity index is 1060. The van der Waals surface area contributed by atoms with Gasteiger partial charge in [-0.3, -0.25) is 4.79 Å². The Morgan fingerprint density at radius 2 is 1.96 bits per heavy atom. The number of amides is 1. The Balaban J connectivity index is 1.56. The highest BCUT2D eigenvalue weighted by molar-refractivity contribution is 7.90. The Morgan fingerprint density at radius 3 is 2.67 bits per heavy atom. The van der Waals surface area contributed by atoms with Crippen molar-refractivity contribution in [3.05, 3.63) is 53.1 Å². The summed E-state index contributed by atoms with van der Waals surface area (Å²) in [5, 5.41) is 11.1. The molecule has 0 radical (unpaired) electrons. The fourth-order valence-electron chi connectivity index (χ4n) is 2.37.